The van der Waals surface area contributed by atoms with Gasteiger partial charge in [-0.15, -0.1) is 0 Å². The molecule has 0 spiro atoms. The van der Waals surface area contributed by atoms with Crippen LogP contribution in [0, 0.1) is 0 Å². The lowest BCUT2D eigenvalue weighted by Crippen LogP contribution is -2.16. The molecule has 0 unspecified atom stereocenters. The van der Waals surface area contributed by atoms with E-state index < -0.39 is 12.1 Å². The van der Waals surface area contributed by atoms with Crippen molar-refractivity contribution in [2.75, 3.05) is 0 Å². The molecule has 9 heavy (non-hydrogen) atoms. The van der Waals surface area contributed by atoms with Gasteiger partial charge in [0, 0.05) is 6.42 Å². The summed E-state index contributed by atoms with van der Waals surface area (Å²) in [6.07, 6.45) is -0.982. The predicted octanol–water partition coefficient (Wildman–Crippen LogP) is -0.0501. The Kier molecular flexibility index (Phi) is 3.19. The van der Waals surface area contributed by atoms with E-state index in [-0.39, 0.29) is 6.42 Å². The molecule has 0 fully saturated rings. The van der Waals surface area contributed by atoms with E-state index in [0.29, 0.717) is 0 Å². The Morgan fingerprint density at radius 1 is 1.44 bits per heavy atom. The van der Waals surface area contributed by atoms with Crippen LogP contribution in [0.4, 0.5) is 4.79 Å². The first-order chi connectivity index (χ1) is 4.16. The minimum atomic E-state index is -1.13. The smallest absolute Gasteiger partial charge is 0.332 e. The lowest BCUT2D eigenvalue weighted by molar-refractivity contribution is -0.230. The summed E-state index contributed by atoms with van der Waals surface area (Å²) < 4.78 is 0. The van der Waals surface area contributed by atoms with Crippen LogP contribution >= 0.6 is 0 Å². The van der Waals surface area contributed by atoms with Crippen molar-refractivity contribution in [3.8, 4) is 0 Å². The van der Waals surface area contributed by atoms with Gasteiger partial charge in [-0.05, 0) is 0 Å². The number of amides is 1. The van der Waals surface area contributed by atoms with Gasteiger partial charge in [0.1, 0.15) is 0 Å². The van der Waals surface area contributed by atoms with E-state index in [2.05, 4.69) is 15.5 Å². The van der Waals surface area contributed by atoms with Crippen LogP contribution in [-0.2, 0) is 14.6 Å². The number of carbonyl (C=O) groups is 2. The van der Waals surface area contributed by atoms with E-state index in [1.165, 1.54) is 0 Å². The highest BCUT2D eigenvalue weighted by Crippen LogP contribution is 1.84. The van der Waals surface area contributed by atoms with Crippen LogP contribution in [0.3, 0.4) is 0 Å². The van der Waals surface area contributed by atoms with Crippen molar-refractivity contribution in [3.63, 3.8) is 0 Å². The molecule has 0 aliphatic heterocycles. The van der Waals surface area contributed by atoms with Crippen LogP contribution in [0.25, 0.3) is 0 Å². The molecule has 5 nitrogen and oxygen atoms in total. The largest absolute Gasteiger partial charge is 0.447 e. The molecule has 0 aliphatic rings. The van der Waals surface area contributed by atoms with Gasteiger partial charge in [-0.3, -0.25) is 0 Å². The molecule has 0 aliphatic carbocycles. The maximum atomic E-state index is 10.2. The lowest BCUT2D eigenvalue weighted by Gasteiger charge is -1.95. The summed E-state index contributed by atoms with van der Waals surface area (Å²) in [7, 11) is 0. The molecule has 0 rings (SSSR count). The molecule has 2 N–H and O–H groups in total. The van der Waals surface area contributed by atoms with E-state index in [0.717, 1.165) is 0 Å². The van der Waals surface area contributed by atoms with Gasteiger partial charge in [0.2, 0.25) is 0 Å². The third-order valence-corrected chi connectivity index (χ3v) is 0.505. The fourth-order valence-electron chi connectivity index (χ4n) is 0.146. The summed E-state index contributed by atoms with van der Waals surface area (Å²) in [5.41, 5.74) is 4.46. The second kappa shape index (κ2) is 3.71. The van der Waals surface area contributed by atoms with Crippen molar-refractivity contribution in [3.05, 3.63) is 0 Å². The Morgan fingerprint density at radius 3 is 2.33 bits per heavy atom. The van der Waals surface area contributed by atoms with Crippen molar-refractivity contribution in [2.24, 2.45) is 5.73 Å². The Balaban J connectivity index is 3.28. The van der Waals surface area contributed by atoms with E-state index in [1.54, 1.807) is 6.92 Å². The number of carbonyl (C=O) groups excluding carboxylic acids is 2. The van der Waals surface area contributed by atoms with Crippen molar-refractivity contribution in [2.45, 2.75) is 13.3 Å². The molecule has 0 saturated heterocycles. The first-order valence-electron chi connectivity index (χ1n) is 2.33. The second-order valence-corrected chi connectivity index (χ2v) is 1.21. The molecule has 0 radical (unpaired) electrons. The van der Waals surface area contributed by atoms with Crippen molar-refractivity contribution >= 4 is 12.1 Å². The van der Waals surface area contributed by atoms with Crippen molar-refractivity contribution in [1.29, 1.82) is 0 Å². The average Bonchev–Trinajstić information content (AvgIpc) is 1.83. The van der Waals surface area contributed by atoms with E-state index >= 15 is 0 Å². The summed E-state index contributed by atoms with van der Waals surface area (Å²) in [4.78, 5) is 27.4. The number of primary amides is 1. The molecule has 0 heterocycles. The molecule has 5 heteroatoms. The third kappa shape index (κ3) is 4.60. The minimum absolute atomic E-state index is 0.146. The number of nitrogens with two attached hydrogens (primary N) is 1. The topological polar surface area (TPSA) is 78.6 Å². The highest BCUT2D eigenvalue weighted by molar-refractivity contribution is 5.70. The fourth-order valence-corrected chi connectivity index (χ4v) is 0.146. The molecular weight excluding hydrogens is 126 g/mol. The highest BCUT2D eigenvalue weighted by atomic mass is 17.2. The SMILES string of the molecule is CCC(=O)OOC(N)=O. The van der Waals surface area contributed by atoms with Gasteiger partial charge >= 0.3 is 12.1 Å². The average molecular weight is 133 g/mol. The van der Waals surface area contributed by atoms with Gasteiger partial charge in [0.05, 0.1) is 0 Å². The molecule has 0 aromatic heterocycles. The fraction of sp³-hybridized carbons (Fsp3) is 0.500. The maximum absolute atomic E-state index is 10.2. The third-order valence-electron chi connectivity index (χ3n) is 0.505. The first-order valence-corrected chi connectivity index (χ1v) is 2.33. The van der Waals surface area contributed by atoms with Gasteiger partial charge in [0.15, 0.2) is 0 Å². The predicted molar refractivity (Wildman–Crippen MR) is 27.1 cm³/mol. The van der Waals surface area contributed by atoms with Crippen molar-refractivity contribution in [1.82, 2.24) is 0 Å². The summed E-state index contributed by atoms with van der Waals surface area (Å²) >= 11 is 0. The zero-order chi connectivity index (χ0) is 7.28. The van der Waals surface area contributed by atoms with E-state index in [9.17, 15) is 9.59 Å². The summed E-state index contributed by atoms with van der Waals surface area (Å²) in [5, 5.41) is 0. The molecule has 0 aromatic carbocycles. The standard InChI is InChI=1S/C4H7NO4/c1-2-3(6)8-9-4(5)7/h2H2,1H3,(H2,5,7). The number of hydrogen-bond donors (Lipinski definition) is 1. The van der Waals surface area contributed by atoms with E-state index in [1.807, 2.05) is 0 Å². The van der Waals surface area contributed by atoms with Gasteiger partial charge in [0.25, 0.3) is 0 Å². The maximum Gasteiger partial charge on any atom is 0.447 e. The van der Waals surface area contributed by atoms with Crippen LogP contribution in [0.1, 0.15) is 13.3 Å². The van der Waals surface area contributed by atoms with Crippen LogP contribution in [0.2, 0.25) is 0 Å². The highest BCUT2D eigenvalue weighted by Gasteiger charge is 2.01. The molecule has 0 bridgehead atoms. The molecule has 1 amide bonds. The first kappa shape index (κ1) is 7.74. The molecular formula is C4H7NO4. The van der Waals surface area contributed by atoms with Crippen LogP contribution in [-0.4, -0.2) is 12.1 Å². The zero-order valence-corrected chi connectivity index (χ0v) is 4.92. The lowest BCUT2D eigenvalue weighted by atomic mass is 10.5. The molecule has 0 aromatic rings. The molecule has 0 saturated carbocycles. The Bertz CT molecular complexity index is 122. The van der Waals surface area contributed by atoms with Gasteiger partial charge in [-0.25, -0.2) is 19.4 Å². The Hall–Kier alpha value is -1.26. The Labute approximate surface area is 51.7 Å². The molecule has 0 atom stereocenters. The van der Waals surface area contributed by atoms with Gasteiger partial charge < -0.3 is 5.73 Å². The minimum Gasteiger partial charge on any atom is -0.332 e. The van der Waals surface area contributed by atoms with Crippen LogP contribution < -0.4 is 5.73 Å². The zero-order valence-electron chi connectivity index (χ0n) is 4.92. The quantitative estimate of drug-likeness (QED) is 0.401. The second-order valence-electron chi connectivity index (χ2n) is 1.21. The van der Waals surface area contributed by atoms with Gasteiger partial charge in [-0.2, -0.15) is 0 Å². The molecule has 52 valence electrons. The van der Waals surface area contributed by atoms with Gasteiger partial charge in [-0.1, -0.05) is 6.92 Å². The monoisotopic (exact) mass is 133 g/mol. The number of hydrogen-bond acceptors (Lipinski definition) is 4. The van der Waals surface area contributed by atoms with Crippen LogP contribution in [0.5, 0.6) is 0 Å². The number of rotatable bonds is 1. The van der Waals surface area contributed by atoms with Crippen LogP contribution in [0.15, 0.2) is 0 Å². The summed E-state index contributed by atoms with van der Waals surface area (Å²) in [6.45, 7) is 1.56. The van der Waals surface area contributed by atoms with Crippen molar-refractivity contribution < 1.29 is 19.4 Å². The van der Waals surface area contributed by atoms with E-state index in [4.69, 9.17) is 0 Å². The summed E-state index contributed by atoms with van der Waals surface area (Å²) in [5.74, 6) is -0.631. The normalized spacial score (nSPS) is 8.11. The summed E-state index contributed by atoms with van der Waals surface area (Å²) in [6, 6.07) is 0. The Morgan fingerprint density at radius 2 is 2.00 bits per heavy atom.